The molecular formula is C24H23FN2O4S2. The molecule has 1 saturated heterocycles. The van der Waals surface area contributed by atoms with E-state index >= 15 is 0 Å². The number of amides is 1. The van der Waals surface area contributed by atoms with Crippen LogP contribution in [-0.4, -0.2) is 32.7 Å². The van der Waals surface area contributed by atoms with Crippen molar-refractivity contribution in [3.8, 4) is 11.5 Å². The first-order valence-electron chi connectivity index (χ1n) is 10.4. The van der Waals surface area contributed by atoms with Crippen LogP contribution in [0.5, 0.6) is 11.5 Å². The highest BCUT2D eigenvalue weighted by Gasteiger charge is 2.28. The first-order chi connectivity index (χ1) is 15.9. The van der Waals surface area contributed by atoms with Crippen molar-refractivity contribution < 1.29 is 22.3 Å². The summed E-state index contributed by atoms with van der Waals surface area (Å²) in [6.07, 6.45) is 0.619. The van der Waals surface area contributed by atoms with Gasteiger partial charge in [0.05, 0.1) is 4.90 Å². The molecule has 1 aliphatic rings. The van der Waals surface area contributed by atoms with Crippen LogP contribution in [0, 0.1) is 5.82 Å². The third kappa shape index (κ3) is 6.13. The molecule has 6 nitrogen and oxygen atoms in total. The average molecular weight is 487 g/mol. The summed E-state index contributed by atoms with van der Waals surface area (Å²) >= 11 is 1.52. The van der Waals surface area contributed by atoms with E-state index in [1.54, 1.807) is 0 Å². The summed E-state index contributed by atoms with van der Waals surface area (Å²) in [4.78, 5) is 12.8. The van der Waals surface area contributed by atoms with Crippen LogP contribution in [0.1, 0.15) is 17.2 Å². The Hall–Kier alpha value is -2.88. The predicted molar refractivity (Wildman–Crippen MR) is 126 cm³/mol. The Morgan fingerprint density at radius 1 is 0.970 bits per heavy atom. The van der Waals surface area contributed by atoms with Gasteiger partial charge in [0.25, 0.3) is 0 Å². The lowest BCUT2D eigenvalue weighted by atomic mass is 10.1. The molecule has 2 N–H and O–H groups in total. The molecule has 3 aromatic rings. The van der Waals surface area contributed by atoms with Crippen molar-refractivity contribution in [3.05, 3.63) is 90.2 Å². The highest BCUT2D eigenvalue weighted by Crippen LogP contribution is 2.33. The van der Waals surface area contributed by atoms with Crippen LogP contribution >= 0.6 is 11.8 Å². The van der Waals surface area contributed by atoms with E-state index in [1.165, 1.54) is 23.9 Å². The summed E-state index contributed by atoms with van der Waals surface area (Å²) in [6, 6.07) is 21.1. The highest BCUT2D eigenvalue weighted by molar-refractivity contribution is 8.00. The minimum absolute atomic E-state index is 0.0195. The van der Waals surface area contributed by atoms with Gasteiger partial charge in [-0.15, -0.1) is 11.8 Å². The summed E-state index contributed by atoms with van der Waals surface area (Å²) in [5.74, 6) is 1.43. The topological polar surface area (TPSA) is 84.5 Å². The molecule has 0 saturated carbocycles. The summed E-state index contributed by atoms with van der Waals surface area (Å²) in [5.41, 5.74) is 0.852. The number of sulfonamides is 1. The first kappa shape index (κ1) is 23.3. The van der Waals surface area contributed by atoms with E-state index < -0.39 is 21.1 Å². The normalized spacial score (nSPS) is 18.9. The smallest absolute Gasteiger partial charge is 0.240 e. The summed E-state index contributed by atoms with van der Waals surface area (Å²) in [7, 11) is -3.79. The van der Waals surface area contributed by atoms with E-state index in [-0.39, 0.29) is 23.4 Å². The number of hydrogen-bond acceptors (Lipinski definition) is 5. The number of nitrogens with one attached hydrogen (secondary N) is 2. The quantitative estimate of drug-likeness (QED) is 0.521. The lowest BCUT2D eigenvalue weighted by Gasteiger charge is -2.18. The maximum atomic E-state index is 13.1. The van der Waals surface area contributed by atoms with Gasteiger partial charge < -0.3 is 10.1 Å². The van der Waals surface area contributed by atoms with Gasteiger partial charge >= 0.3 is 0 Å². The van der Waals surface area contributed by atoms with Crippen LogP contribution in [0.15, 0.2) is 83.8 Å². The molecule has 3 aromatic carbocycles. The molecule has 1 amide bonds. The van der Waals surface area contributed by atoms with Crippen molar-refractivity contribution in [3.63, 3.8) is 0 Å². The van der Waals surface area contributed by atoms with Gasteiger partial charge in [0.2, 0.25) is 15.9 Å². The van der Waals surface area contributed by atoms with Gasteiger partial charge in [0.1, 0.15) is 22.6 Å². The Kier molecular flexibility index (Phi) is 7.32. The van der Waals surface area contributed by atoms with Gasteiger partial charge in [-0.05, 0) is 66.3 Å². The highest BCUT2D eigenvalue weighted by atomic mass is 32.2. The molecule has 1 fully saturated rings. The summed E-state index contributed by atoms with van der Waals surface area (Å²) < 4.78 is 46.3. The molecule has 1 aliphatic heterocycles. The predicted octanol–water partition coefficient (Wildman–Crippen LogP) is 4.26. The van der Waals surface area contributed by atoms with Crippen LogP contribution in [0.2, 0.25) is 0 Å². The third-order valence-corrected chi connectivity index (χ3v) is 7.87. The zero-order chi connectivity index (χ0) is 23.3. The SMILES string of the molecule is O=C1N[C@H](CNS(=O)(=O)c2ccc(F)cc2)CCS[C@@H]1c1ccc(Oc2ccccc2)cc1. The lowest BCUT2D eigenvalue weighted by molar-refractivity contribution is -0.121. The molecule has 0 aliphatic carbocycles. The fourth-order valence-electron chi connectivity index (χ4n) is 3.40. The second kappa shape index (κ2) is 10.4. The van der Waals surface area contributed by atoms with E-state index in [2.05, 4.69) is 10.0 Å². The van der Waals surface area contributed by atoms with E-state index in [4.69, 9.17) is 4.74 Å². The zero-order valence-electron chi connectivity index (χ0n) is 17.6. The molecule has 0 aromatic heterocycles. The summed E-state index contributed by atoms with van der Waals surface area (Å²) in [6.45, 7) is 0.0581. The molecule has 0 spiro atoms. The minimum atomic E-state index is -3.79. The monoisotopic (exact) mass is 486 g/mol. The van der Waals surface area contributed by atoms with E-state index in [9.17, 15) is 17.6 Å². The van der Waals surface area contributed by atoms with Crippen LogP contribution in [0.3, 0.4) is 0 Å². The number of thioether (sulfide) groups is 1. The molecule has 0 unspecified atom stereocenters. The Balaban J connectivity index is 1.35. The molecule has 2 atom stereocenters. The molecule has 4 rings (SSSR count). The van der Waals surface area contributed by atoms with Crippen molar-refractivity contribution in [2.45, 2.75) is 22.6 Å². The van der Waals surface area contributed by atoms with Crippen molar-refractivity contribution in [2.24, 2.45) is 0 Å². The number of benzene rings is 3. The number of hydrogen-bond donors (Lipinski definition) is 2. The van der Waals surface area contributed by atoms with Gasteiger partial charge in [0, 0.05) is 12.6 Å². The van der Waals surface area contributed by atoms with Crippen LogP contribution in [0.4, 0.5) is 4.39 Å². The van der Waals surface area contributed by atoms with Crippen molar-refractivity contribution in [1.29, 1.82) is 0 Å². The molecule has 0 radical (unpaired) electrons. The second-order valence-electron chi connectivity index (χ2n) is 7.53. The second-order valence-corrected chi connectivity index (χ2v) is 10.5. The van der Waals surface area contributed by atoms with Gasteiger partial charge in [-0.3, -0.25) is 4.79 Å². The molecule has 172 valence electrons. The molecule has 9 heteroatoms. The van der Waals surface area contributed by atoms with Crippen molar-refractivity contribution in [1.82, 2.24) is 10.0 Å². The number of ether oxygens (including phenoxy) is 1. The largest absolute Gasteiger partial charge is 0.457 e. The van der Waals surface area contributed by atoms with Crippen LogP contribution in [0.25, 0.3) is 0 Å². The lowest BCUT2D eigenvalue weighted by Crippen LogP contribution is -2.43. The van der Waals surface area contributed by atoms with Crippen LogP contribution < -0.4 is 14.8 Å². The average Bonchev–Trinajstić information content (AvgIpc) is 3.00. The van der Waals surface area contributed by atoms with Crippen LogP contribution in [-0.2, 0) is 14.8 Å². The first-order valence-corrected chi connectivity index (χ1v) is 12.9. The van der Waals surface area contributed by atoms with Gasteiger partial charge in [0.15, 0.2) is 0 Å². The number of carbonyl (C=O) groups is 1. The van der Waals surface area contributed by atoms with Crippen molar-refractivity contribution in [2.75, 3.05) is 12.3 Å². The van der Waals surface area contributed by atoms with E-state index in [1.807, 2.05) is 54.6 Å². The van der Waals surface area contributed by atoms with Gasteiger partial charge in [-0.25, -0.2) is 17.5 Å². The molecular weight excluding hydrogens is 463 g/mol. The number of para-hydroxylation sites is 1. The Morgan fingerprint density at radius 2 is 1.64 bits per heavy atom. The molecule has 1 heterocycles. The van der Waals surface area contributed by atoms with Crippen molar-refractivity contribution >= 4 is 27.7 Å². The molecule has 33 heavy (non-hydrogen) atoms. The maximum absolute atomic E-state index is 13.1. The molecule has 0 bridgehead atoms. The standard InChI is InChI=1S/C24H23FN2O4S2/c25-18-8-12-22(13-9-18)33(29,30)26-16-19-14-15-32-23(24(28)27-19)17-6-10-21(11-7-17)31-20-4-2-1-3-5-20/h1-13,19,23,26H,14-16H2,(H,27,28)/t19-,23+/m0/s1. The van der Waals surface area contributed by atoms with E-state index in [0.717, 1.165) is 23.4 Å². The Bertz CT molecular complexity index is 1190. The number of rotatable bonds is 7. The third-order valence-electron chi connectivity index (χ3n) is 5.14. The number of halogens is 1. The number of carbonyl (C=O) groups excluding carboxylic acids is 1. The zero-order valence-corrected chi connectivity index (χ0v) is 19.2. The Labute approximate surface area is 196 Å². The minimum Gasteiger partial charge on any atom is -0.457 e. The Morgan fingerprint density at radius 3 is 2.33 bits per heavy atom. The summed E-state index contributed by atoms with van der Waals surface area (Å²) in [5, 5.41) is 2.54. The van der Waals surface area contributed by atoms with Gasteiger partial charge in [-0.2, -0.15) is 0 Å². The maximum Gasteiger partial charge on any atom is 0.240 e. The van der Waals surface area contributed by atoms with E-state index in [0.29, 0.717) is 17.9 Å². The van der Waals surface area contributed by atoms with Gasteiger partial charge in [-0.1, -0.05) is 30.3 Å². The fraction of sp³-hybridized carbons (Fsp3) is 0.208. The fourth-order valence-corrected chi connectivity index (χ4v) is 5.70.